The summed E-state index contributed by atoms with van der Waals surface area (Å²) in [5.74, 6) is 0.332. The summed E-state index contributed by atoms with van der Waals surface area (Å²) < 4.78 is 3.02. The molecule has 0 saturated heterocycles. The number of nitrogens with zero attached hydrogens (tertiary/aromatic N) is 3. The molecule has 1 aromatic heterocycles. The topological polar surface area (TPSA) is 71.5 Å². The van der Waals surface area contributed by atoms with Gasteiger partial charge >= 0.3 is 0 Å². The smallest absolute Gasteiger partial charge is 0.267 e. The van der Waals surface area contributed by atoms with Gasteiger partial charge in [-0.3, -0.25) is 13.9 Å². The van der Waals surface area contributed by atoms with Gasteiger partial charge in [-0.15, -0.1) is 0 Å². The molecule has 2 heterocycles. The monoisotopic (exact) mass is 358 g/mol. The summed E-state index contributed by atoms with van der Waals surface area (Å²) in [7, 11) is 3.23. The number of hydrogen-bond acceptors (Lipinski definition) is 5. The SMILES string of the molecule is CC(C)c1ccc([C@@H]2CC(c3c(O)n(C)c(=S)n(C)c3=O)=NN2)cc1. The first-order valence-electron chi connectivity index (χ1n) is 8.22. The first kappa shape index (κ1) is 17.4. The first-order chi connectivity index (χ1) is 11.8. The van der Waals surface area contributed by atoms with Gasteiger partial charge in [0.2, 0.25) is 5.88 Å². The van der Waals surface area contributed by atoms with Crippen molar-refractivity contribution in [2.75, 3.05) is 0 Å². The van der Waals surface area contributed by atoms with Crippen LogP contribution in [0.1, 0.15) is 48.9 Å². The van der Waals surface area contributed by atoms with Crippen molar-refractivity contribution in [1.29, 1.82) is 0 Å². The molecular formula is C18H22N4O2S. The van der Waals surface area contributed by atoms with Crippen LogP contribution in [0.3, 0.4) is 0 Å². The molecule has 0 bridgehead atoms. The van der Waals surface area contributed by atoms with E-state index in [0.29, 0.717) is 18.1 Å². The molecule has 6 nitrogen and oxygen atoms in total. The van der Waals surface area contributed by atoms with Gasteiger partial charge in [0.15, 0.2) is 4.77 Å². The molecule has 0 unspecified atom stereocenters. The second-order valence-electron chi connectivity index (χ2n) is 6.67. The third kappa shape index (κ3) is 3.00. The molecule has 0 spiro atoms. The van der Waals surface area contributed by atoms with Crippen molar-refractivity contribution >= 4 is 17.9 Å². The molecule has 1 aliphatic rings. The van der Waals surface area contributed by atoms with Crippen LogP contribution >= 0.6 is 12.2 Å². The lowest BCUT2D eigenvalue weighted by atomic mass is 9.96. The molecule has 3 rings (SSSR count). The van der Waals surface area contributed by atoms with Crippen molar-refractivity contribution in [1.82, 2.24) is 14.6 Å². The lowest BCUT2D eigenvalue weighted by Gasteiger charge is -2.13. The molecule has 1 aromatic carbocycles. The molecule has 2 N–H and O–H groups in total. The summed E-state index contributed by atoms with van der Waals surface area (Å²) in [6, 6.07) is 8.37. The van der Waals surface area contributed by atoms with Gasteiger partial charge in [0.05, 0.1) is 11.8 Å². The molecule has 2 aromatic rings. The minimum absolute atomic E-state index is 0.0196. The van der Waals surface area contributed by atoms with E-state index in [1.165, 1.54) is 14.7 Å². The van der Waals surface area contributed by atoms with E-state index in [0.717, 1.165) is 5.56 Å². The Morgan fingerprint density at radius 1 is 1.24 bits per heavy atom. The standard InChI is InChI=1S/C18H22N4O2S/c1-10(2)11-5-7-12(8-6-11)13-9-14(20-19-13)15-16(23)21(3)18(25)22(4)17(15)24/h5-8,10,13,19,23H,9H2,1-4H3/t13-/m0/s1. The second kappa shape index (κ2) is 6.48. The van der Waals surface area contributed by atoms with Crippen LogP contribution in [0.4, 0.5) is 0 Å². The molecule has 0 saturated carbocycles. The molecule has 7 heteroatoms. The van der Waals surface area contributed by atoms with E-state index in [1.54, 1.807) is 14.1 Å². The van der Waals surface area contributed by atoms with Crippen molar-refractivity contribution in [2.45, 2.75) is 32.2 Å². The number of nitrogens with one attached hydrogen (secondary N) is 1. The predicted molar refractivity (Wildman–Crippen MR) is 101 cm³/mol. The number of benzene rings is 1. The summed E-state index contributed by atoms with van der Waals surface area (Å²) in [5, 5.41) is 14.7. The number of aromatic nitrogens is 2. The average molecular weight is 358 g/mol. The lowest BCUT2D eigenvalue weighted by Crippen LogP contribution is -2.28. The van der Waals surface area contributed by atoms with Gasteiger partial charge in [-0.05, 0) is 29.3 Å². The van der Waals surface area contributed by atoms with Gasteiger partial charge in [0.25, 0.3) is 5.56 Å². The maximum absolute atomic E-state index is 12.5. The Balaban J connectivity index is 1.91. The Morgan fingerprint density at radius 2 is 1.88 bits per heavy atom. The van der Waals surface area contributed by atoms with E-state index in [1.807, 2.05) is 0 Å². The summed E-state index contributed by atoms with van der Waals surface area (Å²) in [5.41, 5.74) is 5.86. The largest absolute Gasteiger partial charge is 0.494 e. The minimum Gasteiger partial charge on any atom is -0.494 e. The van der Waals surface area contributed by atoms with Gasteiger partial charge in [-0.25, -0.2) is 0 Å². The zero-order valence-corrected chi connectivity index (χ0v) is 15.6. The van der Waals surface area contributed by atoms with Crippen LogP contribution in [0.15, 0.2) is 34.2 Å². The fourth-order valence-electron chi connectivity index (χ4n) is 2.99. The van der Waals surface area contributed by atoms with Crippen molar-refractivity contribution in [2.24, 2.45) is 19.2 Å². The highest BCUT2D eigenvalue weighted by atomic mass is 32.1. The van der Waals surface area contributed by atoms with Crippen LogP contribution in [-0.2, 0) is 14.1 Å². The first-order valence-corrected chi connectivity index (χ1v) is 8.63. The normalized spacial score (nSPS) is 16.8. The van der Waals surface area contributed by atoms with Crippen molar-refractivity contribution in [3.63, 3.8) is 0 Å². The van der Waals surface area contributed by atoms with Gasteiger partial charge in [-0.1, -0.05) is 38.1 Å². The molecular weight excluding hydrogens is 336 g/mol. The van der Waals surface area contributed by atoms with Crippen LogP contribution in [-0.4, -0.2) is 20.0 Å². The summed E-state index contributed by atoms with van der Waals surface area (Å²) in [6.45, 7) is 4.32. The van der Waals surface area contributed by atoms with Gasteiger partial charge in [-0.2, -0.15) is 5.10 Å². The summed E-state index contributed by atoms with van der Waals surface area (Å²) in [4.78, 5) is 12.5. The molecule has 0 aliphatic carbocycles. The highest BCUT2D eigenvalue weighted by molar-refractivity contribution is 7.71. The Hall–Kier alpha value is -2.41. The molecule has 0 radical (unpaired) electrons. The van der Waals surface area contributed by atoms with Crippen molar-refractivity contribution in [3.8, 4) is 5.88 Å². The van der Waals surface area contributed by atoms with Crippen LogP contribution in [0.2, 0.25) is 0 Å². The second-order valence-corrected chi connectivity index (χ2v) is 7.04. The van der Waals surface area contributed by atoms with Crippen LogP contribution < -0.4 is 11.0 Å². The Labute approximate surface area is 151 Å². The van der Waals surface area contributed by atoms with Gasteiger partial charge < -0.3 is 10.5 Å². The number of aromatic hydroxyl groups is 1. The van der Waals surface area contributed by atoms with Crippen molar-refractivity contribution in [3.05, 3.63) is 56.1 Å². The highest BCUT2D eigenvalue weighted by Gasteiger charge is 2.27. The quantitative estimate of drug-likeness (QED) is 0.828. The van der Waals surface area contributed by atoms with Gasteiger partial charge in [0, 0.05) is 20.5 Å². The Bertz CT molecular complexity index is 955. The maximum Gasteiger partial charge on any atom is 0.267 e. The number of rotatable bonds is 3. The summed E-state index contributed by atoms with van der Waals surface area (Å²) in [6.07, 6.45) is 0.528. The number of hydrogen-bond donors (Lipinski definition) is 2. The lowest BCUT2D eigenvalue weighted by molar-refractivity contribution is 0.414. The molecule has 0 fully saturated rings. The minimum atomic E-state index is -0.336. The molecule has 0 amide bonds. The van der Waals surface area contributed by atoms with E-state index >= 15 is 0 Å². The fraction of sp³-hybridized carbons (Fsp3) is 0.389. The van der Waals surface area contributed by atoms with Crippen LogP contribution in [0.5, 0.6) is 5.88 Å². The van der Waals surface area contributed by atoms with E-state index in [2.05, 4.69) is 48.6 Å². The number of hydrazone groups is 1. The average Bonchev–Trinajstić information content (AvgIpc) is 3.08. The third-order valence-corrected chi connectivity index (χ3v) is 5.23. The van der Waals surface area contributed by atoms with E-state index in [9.17, 15) is 9.90 Å². The predicted octanol–water partition coefficient (Wildman–Crippen LogP) is 2.72. The Morgan fingerprint density at radius 3 is 2.48 bits per heavy atom. The Kier molecular flexibility index (Phi) is 4.51. The zero-order chi connectivity index (χ0) is 18.3. The molecule has 1 aliphatic heterocycles. The van der Waals surface area contributed by atoms with Crippen LogP contribution in [0.25, 0.3) is 0 Å². The van der Waals surface area contributed by atoms with E-state index < -0.39 is 0 Å². The molecule has 1 atom stereocenters. The molecule has 25 heavy (non-hydrogen) atoms. The van der Waals surface area contributed by atoms with E-state index in [-0.39, 0.29) is 27.8 Å². The fourth-order valence-corrected chi connectivity index (χ4v) is 3.16. The molecule has 132 valence electrons. The highest BCUT2D eigenvalue weighted by Crippen LogP contribution is 2.27. The van der Waals surface area contributed by atoms with Crippen molar-refractivity contribution < 1.29 is 5.11 Å². The third-order valence-electron chi connectivity index (χ3n) is 4.68. The maximum atomic E-state index is 12.5. The van der Waals surface area contributed by atoms with Gasteiger partial charge in [0.1, 0.15) is 5.56 Å². The van der Waals surface area contributed by atoms with Crippen LogP contribution in [0, 0.1) is 4.77 Å². The van der Waals surface area contributed by atoms with E-state index in [4.69, 9.17) is 12.2 Å². The zero-order valence-electron chi connectivity index (χ0n) is 14.8. The summed E-state index contributed by atoms with van der Waals surface area (Å²) >= 11 is 5.15.